The van der Waals surface area contributed by atoms with Gasteiger partial charge >= 0.3 is 0 Å². The highest BCUT2D eigenvalue weighted by atomic mass is 32.1. The molecule has 0 N–H and O–H groups in total. The molecular weight excluding hydrogens is 154 g/mol. The Kier molecular flexibility index (Phi) is 6.06. The molecule has 0 saturated carbocycles. The third kappa shape index (κ3) is 4.70. The van der Waals surface area contributed by atoms with Crippen molar-refractivity contribution < 1.29 is 0 Å². The van der Waals surface area contributed by atoms with Gasteiger partial charge in [-0.1, -0.05) is 13.8 Å². The Bertz CT molecular complexity index is 93.6. The van der Waals surface area contributed by atoms with Crippen molar-refractivity contribution in [2.45, 2.75) is 33.7 Å². The van der Waals surface area contributed by atoms with Crippen molar-refractivity contribution in [1.29, 1.82) is 0 Å². The SMILES string of the molecule is CCN(CC(C)CS)C(C)C. The molecule has 0 radical (unpaired) electrons. The molecule has 0 rings (SSSR count). The summed E-state index contributed by atoms with van der Waals surface area (Å²) in [5.74, 6) is 1.70. The van der Waals surface area contributed by atoms with E-state index < -0.39 is 0 Å². The molecule has 0 amide bonds. The molecule has 0 bridgehead atoms. The van der Waals surface area contributed by atoms with E-state index in [0.29, 0.717) is 12.0 Å². The summed E-state index contributed by atoms with van der Waals surface area (Å²) in [4.78, 5) is 2.47. The second-order valence-electron chi connectivity index (χ2n) is 3.47. The van der Waals surface area contributed by atoms with Crippen molar-refractivity contribution in [2.24, 2.45) is 5.92 Å². The summed E-state index contributed by atoms with van der Waals surface area (Å²) in [5, 5.41) is 0. The Morgan fingerprint density at radius 1 is 1.27 bits per heavy atom. The fraction of sp³-hybridized carbons (Fsp3) is 1.00. The molecule has 0 spiro atoms. The molecule has 2 heteroatoms. The van der Waals surface area contributed by atoms with E-state index in [2.05, 4.69) is 45.2 Å². The Morgan fingerprint density at radius 3 is 2.09 bits per heavy atom. The van der Waals surface area contributed by atoms with E-state index in [1.807, 2.05) is 0 Å². The number of hydrogen-bond acceptors (Lipinski definition) is 2. The van der Waals surface area contributed by atoms with Gasteiger partial charge in [-0.25, -0.2) is 0 Å². The van der Waals surface area contributed by atoms with Crippen molar-refractivity contribution in [2.75, 3.05) is 18.8 Å². The molecule has 0 aliphatic rings. The summed E-state index contributed by atoms with van der Waals surface area (Å²) in [6, 6.07) is 0.669. The van der Waals surface area contributed by atoms with Gasteiger partial charge < -0.3 is 4.90 Å². The minimum absolute atomic E-state index is 0.669. The first-order valence-electron chi connectivity index (χ1n) is 4.46. The first-order chi connectivity index (χ1) is 5.11. The van der Waals surface area contributed by atoms with Crippen LogP contribution in [-0.4, -0.2) is 29.8 Å². The zero-order valence-electron chi connectivity index (χ0n) is 8.17. The first-order valence-corrected chi connectivity index (χ1v) is 5.09. The van der Waals surface area contributed by atoms with E-state index in [4.69, 9.17) is 0 Å². The van der Waals surface area contributed by atoms with Gasteiger partial charge in [-0.3, -0.25) is 0 Å². The molecule has 0 fully saturated rings. The van der Waals surface area contributed by atoms with Crippen LogP contribution in [0.15, 0.2) is 0 Å². The highest BCUT2D eigenvalue weighted by molar-refractivity contribution is 7.80. The Morgan fingerprint density at radius 2 is 1.82 bits per heavy atom. The normalized spacial score (nSPS) is 14.5. The van der Waals surface area contributed by atoms with Crippen molar-refractivity contribution in [3.63, 3.8) is 0 Å². The molecule has 0 aromatic heterocycles. The van der Waals surface area contributed by atoms with Crippen LogP contribution >= 0.6 is 12.6 Å². The van der Waals surface area contributed by atoms with Crippen LogP contribution in [0.1, 0.15) is 27.7 Å². The van der Waals surface area contributed by atoms with Gasteiger partial charge in [-0.2, -0.15) is 12.6 Å². The molecule has 0 aromatic carbocycles. The molecule has 0 aliphatic heterocycles. The molecular formula is C9H21NS. The van der Waals surface area contributed by atoms with Crippen molar-refractivity contribution in [3.05, 3.63) is 0 Å². The van der Waals surface area contributed by atoms with Crippen molar-refractivity contribution in [1.82, 2.24) is 4.90 Å². The standard InChI is InChI=1S/C9H21NS/c1-5-10(8(2)3)6-9(4)7-11/h8-9,11H,5-7H2,1-4H3. The van der Waals surface area contributed by atoms with Gasteiger partial charge in [0.1, 0.15) is 0 Å². The van der Waals surface area contributed by atoms with Gasteiger partial charge in [-0.15, -0.1) is 0 Å². The van der Waals surface area contributed by atoms with Crippen molar-refractivity contribution >= 4 is 12.6 Å². The summed E-state index contributed by atoms with van der Waals surface area (Å²) >= 11 is 4.27. The summed E-state index contributed by atoms with van der Waals surface area (Å²) in [6.07, 6.45) is 0. The lowest BCUT2D eigenvalue weighted by molar-refractivity contribution is 0.210. The van der Waals surface area contributed by atoms with E-state index in [1.54, 1.807) is 0 Å². The monoisotopic (exact) mass is 175 g/mol. The van der Waals surface area contributed by atoms with E-state index in [1.165, 1.54) is 6.54 Å². The van der Waals surface area contributed by atoms with Crippen LogP contribution in [0, 0.1) is 5.92 Å². The van der Waals surface area contributed by atoms with Gasteiger partial charge in [0.05, 0.1) is 0 Å². The molecule has 0 aliphatic carbocycles. The summed E-state index contributed by atoms with van der Waals surface area (Å²) in [6.45, 7) is 11.3. The topological polar surface area (TPSA) is 3.24 Å². The summed E-state index contributed by atoms with van der Waals surface area (Å²) in [7, 11) is 0. The van der Waals surface area contributed by atoms with Crippen LogP contribution in [0.25, 0.3) is 0 Å². The lowest BCUT2D eigenvalue weighted by atomic mass is 10.2. The summed E-state index contributed by atoms with van der Waals surface area (Å²) in [5.41, 5.74) is 0. The zero-order valence-corrected chi connectivity index (χ0v) is 9.06. The quantitative estimate of drug-likeness (QED) is 0.627. The van der Waals surface area contributed by atoms with Gasteiger partial charge in [0, 0.05) is 12.6 Å². The maximum Gasteiger partial charge on any atom is 0.00385 e. The number of thiol groups is 1. The molecule has 68 valence electrons. The van der Waals surface area contributed by atoms with Crippen LogP contribution in [-0.2, 0) is 0 Å². The Labute approximate surface area is 76.6 Å². The van der Waals surface area contributed by atoms with E-state index in [9.17, 15) is 0 Å². The highest BCUT2D eigenvalue weighted by Crippen LogP contribution is 2.05. The van der Waals surface area contributed by atoms with E-state index in [-0.39, 0.29) is 0 Å². The van der Waals surface area contributed by atoms with Crippen LogP contribution in [0.4, 0.5) is 0 Å². The number of rotatable bonds is 5. The molecule has 1 nitrogen and oxygen atoms in total. The second kappa shape index (κ2) is 5.90. The van der Waals surface area contributed by atoms with Crippen LogP contribution in [0.3, 0.4) is 0 Å². The Hall–Kier alpha value is 0.310. The minimum Gasteiger partial charge on any atom is -0.301 e. The average Bonchev–Trinajstić information content (AvgIpc) is 1.99. The van der Waals surface area contributed by atoms with Crippen LogP contribution < -0.4 is 0 Å². The van der Waals surface area contributed by atoms with E-state index >= 15 is 0 Å². The maximum absolute atomic E-state index is 4.27. The fourth-order valence-corrected chi connectivity index (χ4v) is 1.28. The van der Waals surface area contributed by atoms with Crippen LogP contribution in [0.2, 0.25) is 0 Å². The number of nitrogens with zero attached hydrogens (tertiary/aromatic N) is 1. The lowest BCUT2D eigenvalue weighted by Crippen LogP contribution is -2.34. The maximum atomic E-state index is 4.27. The van der Waals surface area contributed by atoms with Crippen LogP contribution in [0.5, 0.6) is 0 Å². The Balaban J connectivity index is 3.68. The van der Waals surface area contributed by atoms with Gasteiger partial charge in [0.15, 0.2) is 0 Å². The first kappa shape index (κ1) is 11.3. The van der Waals surface area contributed by atoms with Crippen molar-refractivity contribution in [3.8, 4) is 0 Å². The predicted octanol–water partition coefficient (Wildman–Crippen LogP) is 2.28. The molecule has 1 atom stereocenters. The largest absolute Gasteiger partial charge is 0.301 e. The molecule has 11 heavy (non-hydrogen) atoms. The smallest absolute Gasteiger partial charge is 0.00385 e. The van der Waals surface area contributed by atoms with E-state index in [0.717, 1.165) is 12.3 Å². The predicted molar refractivity (Wildman–Crippen MR) is 55.4 cm³/mol. The van der Waals surface area contributed by atoms with Gasteiger partial charge in [0.2, 0.25) is 0 Å². The molecule has 1 unspecified atom stereocenters. The second-order valence-corrected chi connectivity index (χ2v) is 3.83. The third-order valence-electron chi connectivity index (χ3n) is 1.99. The summed E-state index contributed by atoms with van der Waals surface area (Å²) < 4.78 is 0. The highest BCUT2D eigenvalue weighted by Gasteiger charge is 2.09. The lowest BCUT2D eigenvalue weighted by Gasteiger charge is -2.27. The number of hydrogen-bond donors (Lipinski definition) is 1. The third-order valence-corrected chi connectivity index (χ3v) is 2.62. The molecule has 0 heterocycles. The fourth-order valence-electron chi connectivity index (χ4n) is 1.16. The zero-order chi connectivity index (χ0) is 8.85. The van der Waals surface area contributed by atoms with Gasteiger partial charge in [-0.05, 0) is 32.1 Å². The average molecular weight is 175 g/mol. The molecule has 0 aromatic rings. The minimum atomic E-state index is 0.669. The van der Waals surface area contributed by atoms with Gasteiger partial charge in [0.25, 0.3) is 0 Å². The molecule has 0 saturated heterocycles.